The van der Waals surface area contributed by atoms with E-state index in [2.05, 4.69) is 13.8 Å². The molecule has 1 fully saturated rings. The molecule has 1 unspecified atom stereocenters. The van der Waals surface area contributed by atoms with Crippen LogP contribution in [0.1, 0.15) is 40.0 Å². The molecule has 1 atom stereocenters. The van der Waals surface area contributed by atoms with Crippen molar-refractivity contribution in [1.82, 2.24) is 4.90 Å². The Hall–Kier alpha value is -0.570. The molecule has 0 aromatic heterocycles. The minimum Gasteiger partial charge on any atom is -0.338 e. The summed E-state index contributed by atoms with van der Waals surface area (Å²) in [6.45, 7) is 7.83. The second kappa shape index (κ2) is 4.30. The summed E-state index contributed by atoms with van der Waals surface area (Å²) in [6.07, 6.45) is 2.85. The molecule has 0 aromatic rings. The van der Waals surface area contributed by atoms with E-state index in [-0.39, 0.29) is 11.4 Å². The molecule has 0 saturated carbocycles. The summed E-state index contributed by atoms with van der Waals surface area (Å²) in [5, 5.41) is 0. The Morgan fingerprint density at radius 3 is 2.64 bits per heavy atom. The maximum absolute atomic E-state index is 11.9. The Balaban J connectivity index is 2.52. The van der Waals surface area contributed by atoms with Gasteiger partial charge in [-0.2, -0.15) is 0 Å². The molecular weight excluding hydrogens is 176 g/mol. The standard InChI is InChI=1S/C11H22N2O/c1-9(8-12)7-10(14)13-6-4-5-11(13,2)3/h9H,4-8,12H2,1-3H3. The van der Waals surface area contributed by atoms with Crippen molar-refractivity contribution in [2.75, 3.05) is 13.1 Å². The van der Waals surface area contributed by atoms with E-state index in [1.165, 1.54) is 0 Å². The van der Waals surface area contributed by atoms with Crippen LogP contribution in [0.15, 0.2) is 0 Å². The molecule has 3 heteroatoms. The van der Waals surface area contributed by atoms with E-state index in [0.29, 0.717) is 18.9 Å². The van der Waals surface area contributed by atoms with Gasteiger partial charge in [0.15, 0.2) is 0 Å². The SMILES string of the molecule is CC(CN)CC(=O)N1CCCC1(C)C. The van der Waals surface area contributed by atoms with E-state index < -0.39 is 0 Å². The van der Waals surface area contributed by atoms with Gasteiger partial charge >= 0.3 is 0 Å². The molecule has 0 radical (unpaired) electrons. The van der Waals surface area contributed by atoms with Gasteiger partial charge in [0.2, 0.25) is 5.91 Å². The number of likely N-dealkylation sites (tertiary alicyclic amines) is 1. The highest BCUT2D eigenvalue weighted by atomic mass is 16.2. The first-order valence-electron chi connectivity index (χ1n) is 5.48. The molecule has 1 aliphatic heterocycles. The average Bonchev–Trinajstić information content (AvgIpc) is 2.45. The monoisotopic (exact) mass is 198 g/mol. The third-order valence-corrected chi connectivity index (χ3v) is 3.13. The van der Waals surface area contributed by atoms with Crippen LogP contribution >= 0.6 is 0 Å². The fourth-order valence-electron chi connectivity index (χ4n) is 2.06. The molecule has 3 nitrogen and oxygen atoms in total. The highest BCUT2D eigenvalue weighted by Gasteiger charge is 2.35. The van der Waals surface area contributed by atoms with E-state index in [4.69, 9.17) is 5.73 Å². The summed E-state index contributed by atoms with van der Waals surface area (Å²) in [6, 6.07) is 0. The first-order valence-corrected chi connectivity index (χ1v) is 5.48. The van der Waals surface area contributed by atoms with Crippen LogP contribution in [-0.4, -0.2) is 29.4 Å². The average molecular weight is 198 g/mol. The third kappa shape index (κ3) is 2.47. The Morgan fingerprint density at radius 1 is 1.57 bits per heavy atom. The third-order valence-electron chi connectivity index (χ3n) is 3.13. The lowest BCUT2D eigenvalue weighted by Crippen LogP contribution is -2.43. The Morgan fingerprint density at radius 2 is 2.21 bits per heavy atom. The zero-order valence-electron chi connectivity index (χ0n) is 9.55. The van der Waals surface area contributed by atoms with Crippen molar-refractivity contribution >= 4 is 5.91 Å². The molecule has 1 saturated heterocycles. The fourth-order valence-corrected chi connectivity index (χ4v) is 2.06. The van der Waals surface area contributed by atoms with Crippen LogP contribution in [-0.2, 0) is 4.79 Å². The summed E-state index contributed by atoms with van der Waals surface area (Å²) in [5.74, 6) is 0.573. The molecule has 0 aliphatic carbocycles. The lowest BCUT2D eigenvalue weighted by Gasteiger charge is -2.32. The van der Waals surface area contributed by atoms with E-state index >= 15 is 0 Å². The normalized spacial score (nSPS) is 22.4. The zero-order chi connectivity index (χ0) is 10.8. The summed E-state index contributed by atoms with van der Waals surface area (Å²) in [5.41, 5.74) is 5.58. The lowest BCUT2D eigenvalue weighted by molar-refractivity contribution is -0.135. The van der Waals surface area contributed by atoms with E-state index in [1.807, 2.05) is 11.8 Å². The van der Waals surface area contributed by atoms with Gasteiger partial charge in [0.05, 0.1) is 0 Å². The Kier molecular flexibility index (Phi) is 3.53. The van der Waals surface area contributed by atoms with Crippen molar-refractivity contribution in [1.29, 1.82) is 0 Å². The van der Waals surface area contributed by atoms with Gasteiger partial charge in [-0.15, -0.1) is 0 Å². The summed E-state index contributed by atoms with van der Waals surface area (Å²) >= 11 is 0. The van der Waals surface area contributed by atoms with Crippen molar-refractivity contribution in [3.8, 4) is 0 Å². The van der Waals surface area contributed by atoms with Crippen LogP contribution in [0, 0.1) is 5.92 Å². The van der Waals surface area contributed by atoms with Crippen molar-refractivity contribution in [2.45, 2.75) is 45.6 Å². The second-order valence-electron chi connectivity index (χ2n) is 5.01. The summed E-state index contributed by atoms with van der Waals surface area (Å²) in [7, 11) is 0. The van der Waals surface area contributed by atoms with Crippen LogP contribution in [0.5, 0.6) is 0 Å². The van der Waals surface area contributed by atoms with E-state index in [0.717, 1.165) is 19.4 Å². The van der Waals surface area contributed by atoms with Crippen molar-refractivity contribution < 1.29 is 4.79 Å². The second-order valence-corrected chi connectivity index (χ2v) is 5.01. The minimum atomic E-state index is 0.0609. The lowest BCUT2D eigenvalue weighted by atomic mass is 10.0. The van der Waals surface area contributed by atoms with Crippen molar-refractivity contribution in [3.05, 3.63) is 0 Å². The molecule has 1 heterocycles. The number of rotatable bonds is 3. The van der Waals surface area contributed by atoms with Crippen LogP contribution in [0.3, 0.4) is 0 Å². The Labute approximate surface area is 86.6 Å². The zero-order valence-corrected chi connectivity index (χ0v) is 9.55. The predicted molar refractivity (Wildman–Crippen MR) is 57.9 cm³/mol. The number of hydrogen-bond donors (Lipinski definition) is 1. The summed E-state index contributed by atoms with van der Waals surface area (Å²) < 4.78 is 0. The number of hydrogen-bond acceptors (Lipinski definition) is 2. The van der Waals surface area contributed by atoms with Crippen LogP contribution in [0.2, 0.25) is 0 Å². The van der Waals surface area contributed by atoms with Crippen molar-refractivity contribution in [3.63, 3.8) is 0 Å². The molecule has 1 aliphatic rings. The van der Waals surface area contributed by atoms with E-state index in [9.17, 15) is 4.79 Å². The maximum atomic E-state index is 11.9. The smallest absolute Gasteiger partial charge is 0.223 e. The van der Waals surface area contributed by atoms with E-state index in [1.54, 1.807) is 0 Å². The molecule has 0 aromatic carbocycles. The predicted octanol–water partition coefficient (Wildman–Crippen LogP) is 1.37. The van der Waals surface area contributed by atoms with Gasteiger partial charge in [0, 0.05) is 18.5 Å². The maximum Gasteiger partial charge on any atom is 0.223 e. The molecule has 0 bridgehead atoms. The van der Waals surface area contributed by atoms with Crippen LogP contribution in [0.4, 0.5) is 0 Å². The molecule has 82 valence electrons. The van der Waals surface area contributed by atoms with Gasteiger partial charge in [-0.3, -0.25) is 4.79 Å². The Bertz CT molecular complexity index is 213. The number of carbonyl (C=O) groups excluding carboxylic acids is 1. The quantitative estimate of drug-likeness (QED) is 0.744. The molecular formula is C11H22N2O. The number of amides is 1. The number of nitrogens with zero attached hydrogens (tertiary/aromatic N) is 1. The van der Waals surface area contributed by atoms with Crippen molar-refractivity contribution in [2.24, 2.45) is 11.7 Å². The minimum absolute atomic E-state index is 0.0609. The molecule has 0 spiro atoms. The molecule has 14 heavy (non-hydrogen) atoms. The highest BCUT2D eigenvalue weighted by Crippen LogP contribution is 2.29. The van der Waals surface area contributed by atoms with Gasteiger partial charge in [-0.1, -0.05) is 6.92 Å². The number of nitrogens with two attached hydrogens (primary N) is 1. The first kappa shape index (κ1) is 11.5. The fraction of sp³-hybridized carbons (Fsp3) is 0.909. The number of carbonyl (C=O) groups is 1. The van der Waals surface area contributed by atoms with Gasteiger partial charge in [-0.05, 0) is 39.2 Å². The van der Waals surface area contributed by atoms with Crippen LogP contribution < -0.4 is 5.73 Å². The molecule has 2 N–H and O–H groups in total. The largest absolute Gasteiger partial charge is 0.338 e. The topological polar surface area (TPSA) is 46.3 Å². The summed E-state index contributed by atoms with van der Waals surface area (Å²) in [4.78, 5) is 13.9. The molecule has 1 rings (SSSR count). The first-order chi connectivity index (χ1) is 6.47. The van der Waals surface area contributed by atoms with Gasteiger partial charge < -0.3 is 10.6 Å². The van der Waals surface area contributed by atoms with Gasteiger partial charge in [-0.25, -0.2) is 0 Å². The van der Waals surface area contributed by atoms with Crippen LogP contribution in [0.25, 0.3) is 0 Å². The van der Waals surface area contributed by atoms with Gasteiger partial charge in [0.1, 0.15) is 0 Å². The van der Waals surface area contributed by atoms with Gasteiger partial charge in [0.25, 0.3) is 0 Å². The highest BCUT2D eigenvalue weighted by molar-refractivity contribution is 5.77. The molecule has 1 amide bonds.